The van der Waals surface area contributed by atoms with Crippen molar-refractivity contribution < 1.29 is 9.59 Å². The van der Waals surface area contributed by atoms with Gasteiger partial charge in [0.2, 0.25) is 5.91 Å². The lowest BCUT2D eigenvalue weighted by atomic mass is 10.0. The number of benzene rings is 1. The lowest BCUT2D eigenvalue weighted by molar-refractivity contribution is -0.116. The molecule has 0 aromatic heterocycles. The van der Waals surface area contributed by atoms with Crippen LogP contribution < -0.4 is 16.0 Å². The predicted octanol–water partition coefficient (Wildman–Crippen LogP) is 3.97. The number of halogens is 1. The number of hydrogen-bond donors (Lipinski definition) is 3. The maximum atomic E-state index is 11.9. The van der Waals surface area contributed by atoms with Gasteiger partial charge in [-0.3, -0.25) is 4.79 Å². The van der Waals surface area contributed by atoms with E-state index in [9.17, 15) is 9.59 Å². The van der Waals surface area contributed by atoms with Gasteiger partial charge < -0.3 is 16.0 Å². The number of urea groups is 1. The normalized spacial score (nSPS) is 14.4. The van der Waals surface area contributed by atoms with Gasteiger partial charge in [-0.15, -0.1) is 0 Å². The van der Waals surface area contributed by atoms with E-state index in [-0.39, 0.29) is 18.4 Å². The summed E-state index contributed by atoms with van der Waals surface area (Å²) < 4.78 is 0.981. The molecule has 1 aromatic rings. The second-order valence-corrected chi connectivity index (χ2v) is 7.29. The fourth-order valence-electron chi connectivity index (χ4n) is 3.02. The molecule has 0 unspecified atom stereocenters. The van der Waals surface area contributed by atoms with Crippen molar-refractivity contribution in [3.63, 3.8) is 0 Å². The predicted molar refractivity (Wildman–Crippen MR) is 100 cm³/mol. The minimum atomic E-state index is -0.194. The van der Waals surface area contributed by atoms with Crippen LogP contribution in [0.5, 0.6) is 0 Å². The van der Waals surface area contributed by atoms with Crippen molar-refractivity contribution in [3.8, 4) is 0 Å². The number of rotatable bonds is 7. The van der Waals surface area contributed by atoms with E-state index in [0.29, 0.717) is 13.1 Å². The van der Waals surface area contributed by atoms with Crippen LogP contribution in [0.4, 0.5) is 10.5 Å². The van der Waals surface area contributed by atoms with E-state index in [1.807, 2.05) is 25.1 Å². The van der Waals surface area contributed by atoms with Crippen LogP contribution in [0.3, 0.4) is 0 Å². The van der Waals surface area contributed by atoms with Crippen LogP contribution in [0, 0.1) is 12.8 Å². The molecule has 0 bridgehead atoms. The SMILES string of the molecule is Cc1cc(Br)ccc1NC(=O)CCNC(=O)NCCC1CCCC1. The number of amides is 3. The van der Waals surface area contributed by atoms with Gasteiger partial charge in [-0.2, -0.15) is 0 Å². The highest BCUT2D eigenvalue weighted by atomic mass is 79.9. The largest absolute Gasteiger partial charge is 0.338 e. The lowest BCUT2D eigenvalue weighted by Crippen LogP contribution is -2.37. The first-order valence-electron chi connectivity index (χ1n) is 8.62. The molecule has 0 spiro atoms. The summed E-state index contributed by atoms with van der Waals surface area (Å²) in [5.41, 5.74) is 1.79. The molecule has 0 heterocycles. The molecule has 1 aliphatic carbocycles. The van der Waals surface area contributed by atoms with Crippen LogP contribution in [0.25, 0.3) is 0 Å². The number of aryl methyl sites for hydroxylation is 1. The Bertz CT molecular complexity index is 571. The molecule has 0 radical (unpaired) electrons. The Hall–Kier alpha value is -1.56. The third-order valence-corrected chi connectivity index (χ3v) is 4.91. The van der Waals surface area contributed by atoms with Crippen LogP contribution in [0.15, 0.2) is 22.7 Å². The highest BCUT2D eigenvalue weighted by Crippen LogP contribution is 2.26. The molecule has 1 aliphatic rings. The van der Waals surface area contributed by atoms with Gasteiger partial charge in [0.15, 0.2) is 0 Å². The van der Waals surface area contributed by atoms with Crippen molar-refractivity contribution in [2.45, 2.75) is 45.4 Å². The van der Waals surface area contributed by atoms with Gasteiger partial charge in [0.05, 0.1) is 0 Å². The monoisotopic (exact) mass is 395 g/mol. The molecule has 24 heavy (non-hydrogen) atoms. The van der Waals surface area contributed by atoms with Gasteiger partial charge in [-0.05, 0) is 43.0 Å². The Morgan fingerprint density at radius 2 is 1.88 bits per heavy atom. The first kappa shape index (κ1) is 18.8. The van der Waals surface area contributed by atoms with Crippen LogP contribution in [0.2, 0.25) is 0 Å². The highest BCUT2D eigenvalue weighted by molar-refractivity contribution is 9.10. The van der Waals surface area contributed by atoms with E-state index >= 15 is 0 Å². The highest BCUT2D eigenvalue weighted by Gasteiger charge is 2.14. The van der Waals surface area contributed by atoms with Gasteiger partial charge in [-0.1, -0.05) is 41.6 Å². The Labute approximate surface area is 152 Å². The molecule has 3 N–H and O–H groups in total. The van der Waals surface area contributed by atoms with Gasteiger partial charge in [0.25, 0.3) is 0 Å². The number of nitrogens with one attached hydrogen (secondary N) is 3. The molecule has 1 aromatic carbocycles. The summed E-state index contributed by atoms with van der Waals surface area (Å²) in [6.07, 6.45) is 6.54. The summed E-state index contributed by atoms with van der Waals surface area (Å²) in [7, 11) is 0. The van der Waals surface area contributed by atoms with Gasteiger partial charge in [-0.25, -0.2) is 4.79 Å². The zero-order chi connectivity index (χ0) is 17.4. The molecule has 1 fully saturated rings. The third-order valence-electron chi connectivity index (χ3n) is 4.41. The van der Waals surface area contributed by atoms with E-state index in [1.165, 1.54) is 25.7 Å². The molecule has 0 saturated heterocycles. The number of anilines is 1. The molecular formula is C18H26BrN3O2. The topological polar surface area (TPSA) is 70.2 Å². The van der Waals surface area contributed by atoms with Crippen LogP contribution >= 0.6 is 15.9 Å². The first-order chi connectivity index (χ1) is 11.5. The van der Waals surface area contributed by atoms with E-state index in [0.717, 1.165) is 28.1 Å². The van der Waals surface area contributed by atoms with E-state index in [4.69, 9.17) is 0 Å². The molecule has 0 aliphatic heterocycles. The van der Waals surface area contributed by atoms with Crippen molar-refractivity contribution in [3.05, 3.63) is 28.2 Å². The summed E-state index contributed by atoms with van der Waals surface area (Å²) in [4.78, 5) is 23.6. The van der Waals surface area contributed by atoms with E-state index in [2.05, 4.69) is 31.9 Å². The minimum Gasteiger partial charge on any atom is -0.338 e. The second kappa shape index (κ2) is 9.67. The van der Waals surface area contributed by atoms with Crippen molar-refractivity contribution in [1.82, 2.24) is 10.6 Å². The Morgan fingerprint density at radius 1 is 1.17 bits per heavy atom. The molecule has 5 nitrogen and oxygen atoms in total. The van der Waals surface area contributed by atoms with Crippen molar-refractivity contribution in [1.29, 1.82) is 0 Å². The number of hydrogen-bond acceptors (Lipinski definition) is 2. The Kier molecular flexibility index (Phi) is 7.56. The lowest BCUT2D eigenvalue weighted by Gasteiger charge is -2.11. The van der Waals surface area contributed by atoms with Gasteiger partial charge in [0.1, 0.15) is 0 Å². The maximum Gasteiger partial charge on any atom is 0.314 e. The molecule has 3 amide bonds. The van der Waals surface area contributed by atoms with Gasteiger partial charge >= 0.3 is 6.03 Å². The van der Waals surface area contributed by atoms with E-state index in [1.54, 1.807) is 0 Å². The Morgan fingerprint density at radius 3 is 2.58 bits per heavy atom. The fourth-order valence-corrected chi connectivity index (χ4v) is 3.50. The summed E-state index contributed by atoms with van der Waals surface area (Å²) in [6, 6.07) is 5.51. The second-order valence-electron chi connectivity index (χ2n) is 6.38. The average molecular weight is 396 g/mol. The zero-order valence-corrected chi connectivity index (χ0v) is 15.7. The summed E-state index contributed by atoms with van der Waals surface area (Å²) in [6.45, 7) is 2.98. The maximum absolute atomic E-state index is 11.9. The molecule has 0 atom stereocenters. The smallest absolute Gasteiger partial charge is 0.314 e. The zero-order valence-electron chi connectivity index (χ0n) is 14.2. The van der Waals surface area contributed by atoms with Crippen LogP contribution in [-0.4, -0.2) is 25.0 Å². The first-order valence-corrected chi connectivity index (χ1v) is 9.41. The van der Waals surface area contributed by atoms with Gasteiger partial charge in [0, 0.05) is 29.7 Å². The number of carbonyl (C=O) groups is 2. The summed E-state index contributed by atoms with van der Waals surface area (Å²) in [5.74, 6) is 0.664. The molecule has 2 rings (SSSR count). The fraction of sp³-hybridized carbons (Fsp3) is 0.556. The quantitative estimate of drug-likeness (QED) is 0.653. The summed E-state index contributed by atoms with van der Waals surface area (Å²) >= 11 is 3.40. The van der Waals surface area contributed by atoms with Crippen molar-refractivity contribution in [2.75, 3.05) is 18.4 Å². The standard InChI is InChI=1S/C18H26BrN3O2/c1-13-12-15(19)6-7-16(13)22-17(23)9-11-21-18(24)20-10-8-14-4-2-3-5-14/h6-7,12,14H,2-5,8-11H2,1H3,(H,22,23)(H2,20,21,24). The average Bonchev–Trinajstić information content (AvgIpc) is 3.03. The molecule has 1 saturated carbocycles. The number of carbonyl (C=O) groups excluding carboxylic acids is 2. The molecule has 6 heteroatoms. The minimum absolute atomic E-state index is 0.105. The van der Waals surface area contributed by atoms with Crippen LogP contribution in [0.1, 0.15) is 44.1 Å². The Balaban J connectivity index is 1.58. The molecule has 132 valence electrons. The van der Waals surface area contributed by atoms with Crippen molar-refractivity contribution in [2.24, 2.45) is 5.92 Å². The summed E-state index contributed by atoms with van der Waals surface area (Å²) in [5, 5.41) is 8.45. The molecular weight excluding hydrogens is 370 g/mol. The van der Waals surface area contributed by atoms with Crippen LogP contribution in [-0.2, 0) is 4.79 Å². The van der Waals surface area contributed by atoms with E-state index < -0.39 is 0 Å². The third kappa shape index (κ3) is 6.51. The van der Waals surface area contributed by atoms with Crippen molar-refractivity contribution >= 4 is 33.6 Å².